The molecule has 0 radical (unpaired) electrons. The first-order chi connectivity index (χ1) is 11.5. The molecule has 1 heterocycles. The third-order valence-electron chi connectivity index (χ3n) is 2.75. The number of amides is 1. The van der Waals surface area contributed by atoms with Crippen molar-refractivity contribution < 1.29 is 19.1 Å². The Morgan fingerprint density at radius 1 is 1.42 bits per heavy atom. The zero-order valence-electron chi connectivity index (χ0n) is 12.5. The summed E-state index contributed by atoms with van der Waals surface area (Å²) in [5.41, 5.74) is 0.539. The topological polar surface area (TPSA) is 89.3 Å². The fourth-order valence-electron chi connectivity index (χ4n) is 1.63. The van der Waals surface area contributed by atoms with Crippen LogP contribution in [0.25, 0.3) is 0 Å². The Kier molecular flexibility index (Phi) is 6.41. The molecule has 10 heteroatoms. The molecule has 1 fully saturated rings. The van der Waals surface area contributed by atoms with Crippen molar-refractivity contribution in [3.05, 3.63) is 38.2 Å². The molecule has 126 valence electrons. The van der Waals surface area contributed by atoms with Crippen molar-refractivity contribution in [2.75, 3.05) is 14.2 Å². The van der Waals surface area contributed by atoms with Gasteiger partial charge in [-0.1, -0.05) is 11.6 Å². The summed E-state index contributed by atoms with van der Waals surface area (Å²) in [5.74, 6) is -0.540. The Bertz CT molecular complexity index is 780. The fraction of sp³-hybridized carbons (Fsp3) is 0.143. The summed E-state index contributed by atoms with van der Waals surface area (Å²) in [6.45, 7) is 0. The highest BCUT2D eigenvalue weighted by Crippen LogP contribution is 2.32. The van der Waals surface area contributed by atoms with Crippen molar-refractivity contribution in [1.82, 2.24) is 5.32 Å². The van der Waals surface area contributed by atoms with Gasteiger partial charge in [0, 0.05) is 10.5 Å². The molecule has 1 saturated heterocycles. The minimum Gasteiger partial charge on any atom is -0.496 e. The molecule has 1 aliphatic heterocycles. The predicted octanol–water partition coefficient (Wildman–Crippen LogP) is 2.72. The largest absolute Gasteiger partial charge is 0.496 e. The van der Waals surface area contributed by atoms with Crippen molar-refractivity contribution in [2.24, 2.45) is 10.2 Å². The average Bonchev–Trinajstić information content (AvgIpc) is 2.91. The number of hydrogen-bond acceptors (Lipinski definition) is 7. The maximum absolute atomic E-state index is 11.7. The smallest absolute Gasteiger partial charge is 0.331 e. The van der Waals surface area contributed by atoms with E-state index in [0.717, 1.165) is 17.8 Å². The van der Waals surface area contributed by atoms with Crippen LogP contribution in [0.3, 0.4) is 0 Å². The standard InChI is InChI=1S/C14H11BrClN3O4S/c1-22-9-4-3-8(15)12(16)7(9)6-17-19-14-18-13(21)10(24-14)5-11(20)23-2/h3-6H,1-2H3,(H,18,19,21)/b10-5+,17-6?. The van der Waals surface area contributed by atoms with Crippen LogP contribution in [0, 0.1) is 0 Å². The van der Waals surface area contributed by atoms with Gasteiger partial charge >= 0.3 is 5.97 Å². The summed E-state index contributed by atoms with van der Waals surface area (Å²) >= 11 is 10.5. The molecule has 0 spiro atoms. The zero-order chi connectivity index (χ0) is 17.7. The fourth-order valence-corrected chi connectivity index (χ4v) is 2.92. The van der Waals surface area contributed by atoms with Crippen molar-refractivity contribution in [3.8, 4) is 5.75 Å². The third kappa shape index (κ3) is 4.37. The summed E-state index contributed by atoms with van der Waals surface area (Å²) in [5, 5.41) is 10.9. The van der Waals surface area contributed by atoms with E-state index in [1.165, 1.54) is 20.4 Å². The molecule has 7 nitrogen and oxygen atoms in total. The Morgan fingerprint density at radius 3 is 2.83 bits per heavy atom. The van der Waals surface area contributed by atoms with Gasteiger partial charge in [-0.3, -0.25) is 10.1 Å². The first kappa shape index (κ1) is 18.5. The number of ether oxygens (including phenoxy) is 2. The van der Waals surface area contributed by atoms with E-state index in [2.05, 4.69) is 36.2 Å². The minimum atomic E-state index is -0.622. The summed E-state index contributed by atoms with van der Waals surface area (Å²) < 4.78 is 10.4. The molecule has 1 aromatic rings. The van der Waals surface area contributed by atoms with Crippen LogP contribution in [0.4, 0.5) is 0 Å². The molecule has 1 N–H and O–H groups in total. The maximum Gasteiger partial charge on any atom is 0.331 e. The summed E-state index contributed by atoms with van der Waals surface area (Å²) in [4.78, 5) is 23.0. The lowest BCUT2D eigenvalue weighted by Gasteiger charge is -2.06. The lowest BCUT2D eigenvalue weighted by molar-refractivity contribution is -0.135. The van der Waals surface area contributed by atoms with E-state index in [9.17, 15) is 9.59 Å². The van der Waals surface area contributed by atoms with E-state index in [-0.39, 0.29) is 10.1 Å². The first-order valence-corrected chi connectivity index (χ1v) is 8.37. The summed E-state index contributed by atoms with van der Waals surface area (Å²) in [7, 11) is 2.74. The highest BCUT2D eigenvalue weighted by atomic mass is 79.9. The first-order valence-electron chi connectivity index (χ1n) is 6.38. The lowest BCUT2D eigenvalue weighted by atomic mass is 10.2. The number of benzene rings is 1. The van der Waals surface area contributed by atoms with Crippen molar-refractivity contribution >= 4 is 62.6 Å². The molecule has 1 aliphatic rings. The monoisotopic (exact) mass is 431 g/mol. The number of halogens is 2. The van der Waals surface area contributed by atoms with Gasteiger partial charge in [0.15, 0.2) is 5.17 Å². The molecule has 1 amide bonds. The summed E-state index contributed by atoms with van der Waals surface area (Å²) in [6.07, 6.45) is 2.49. The van der Waals surface area contributed by atoms with E-state index in [0.29, 0.717) is 20.8 Å². The summed E-state index contributed by atoms with van der Waals surface area (Å²) in [6, 6.07) is 3.48. The quantitative estimate of drug-likeness (QED) is 0.342. The third-order valence-corrected chi connectivity index (χ3v) is 4.95. The Hall–Kier alpha value is -1.84. The highest BCUT2D eigenvalue weighted by molar-refractivity contribution is 9.10. The number of nitrogens with zero attached hydrogens (tertiary/aromatic N) is 2. The van der Waals surface area contributed by atoms with E-state index in [1.54, 1.807) is 12.1 Å². The number of hydrogen-bond donors (Lipinski definition) is 1. The molecule has 0 unspecified atom stereocenters. The molecule has 0 bridgehead atoms. The van der Waals surface area contributed by atoms with E-state index < -0.39 is 11.9 Å². The Balaban J connectivity index is 2.19. The van der Waals surface area contributed by atoms with Crippen LogP contribution in [0.1, 0.15) is 5.56 Å². The van der Waals surface area contributed by atoms with Gasteiger partial charge in [0.25, 0.3) is 5.91 Å². The van der Waals surface area contributed by atoms with Crippen LogP contribution in [0.2, 0.25) is 5.02 Å². The van der Waals surface area contributed by atoms with Crippen LogP contribution in [0.5, 0.6) is 5.75 Å². The number of amidine groups is 1. The molecular formula is C14H11BrClN3O4S. The molecule has 2 rings (SSSR count). The van der Waals surface area contributed by atoms with E-state index in [4.69, 9.17) is 16.3 Å². The molecule has 0 saturated carbocycles. The highest BCUT2D eigenvalue weighted by Gasteiger charge is 2.25. The second-order valence-corrected chi connectivity index (χ2v) is 6.48. The SMILES string of the molecule is COC(=O)/C=C1/S/C(=N\N=Cc2c(OC)ccc(Br)c2Cl)NC1=O. The van der Waals surface area contributed by atoms with Crippen molar-refractivity contribution in [1.29, 1.82) is 0 Å². The van der Waals surface area contributed by atoms with Gasteiger partial charge in [-0.05, 0) is 39.8 Å². The van der Waals surface area contributed by atoms with Gasteiger partial charge in [0.1, 0.15) is 5.75 Å². The van der Waals surface area contributed by atoms with Crippen molar-refractivity contribution in [2.45, 2.75) is 0 Å². The van der Waals surface area contributed by atoms with Crippen LogP contribution in [0.15, 0.2) is 37.8 Å². The van der Waals surface area contributed by atoms with E-state index in [1.807, 2.05) is 0 Å². The molecule has 24 heavy (non-hydrogen) atoms. The molecule has 0 aromatic heterocycles. The molecular weight excluding hydrogens is 422 g/mol. The number of thioether (sulfide) groups is 1. The Labute approximate surface area is 155 Å². The molecule has 0 aliphatic carbocycles. The van der Waals surface area contributed by atoms with Crippen LogP contribution in [-0.4, -0.2) is 37.5 Å². The average molecular weight is 433 g/mol. The van der Waals surface area contributed by atoms with Crippen LogP contribution in [-0.2, 0) is 14.3 Å². The van der Waals surface area contributed by atoms with Gasteiger partial charge in [0.05, 0.1) is 35.9 Å². The van der Waals surface area contributed by atoms with Gasteiger partial charge in [-0.2, -0.15) is 5.10 Å². The van der Waals surface area contributed by atoms with E-state index >= 15 is 0 Å². The van der Waals surface area contributed by atoms with Crippen LogP contribution >= 0.6 is 39.3 Å². The number of rotatable bonds is 4. The van der Waals surface area contributed by atoms with Crippen molar-refractivity contribution in [3.63, 3.8) is 0 Å². The number of methoxy groups -OCH3 is 2. The zero-order valence-corrected chi connectivity index (χ0v) is 15.7. The lowest BCUT2D eigenvalue weighted by Crippen LogP contribution is -2.19. The molecule has 1 aromatic carbocycles. The number of esters is 1. The van der Waals surface area contributed by atoms with Gasteiger partial charge < -0.3 is 9.47 Å². The minimum absolute atomic E-state index is 0.175. The maximum atomic E-state index is 11.7. The van der Waals surface area contributed by atoms with Gasteiger partial charge in [-0.25, -0.2) is 4.79 Å². The number of carbonyl (C=O) groups is 2. The second-order valence-electron chi connectivity index (χ2n) is 4.21. The predicted molar refractivity (Wildman–Crippen MR) is 96.6 cm³/mol. The second kappa shape index (κ2) is 8.32. The number of nitrogens with one attached hydrogen (secondary N) is 1. The normalized spacial score (nSPS) is 17.6. The van der Waals surface area contributed by atoms with Gasteiger partial charge in [0.2, 0.25) is 0 Å². The Morgan fingerprint density at radius 2 is 2.17 bits per heavy atom. The van der Waals surface area contributed by atoms with Crippen LogP contribution < -0.4 is 10.1 Å². The van der Waals surface area contributed by atoms with Gasteiger partial charge in [-0.15, -0.1) is 5.10 Å². The number of carbonyl (C=O) groups excluding carboxylic acids is 2. The molecule has 0 atom stereocenters.